The first-order chi connectivity index (χ1) is 9.74. The Morgan fingerprint density at radius 1 is 0.850 bits per heavy atom. The van der Waals surface area contributed by atoms with Crippen LogP contribution in [-0.4, -0.2) is 4.98 Å². The van der Waals surface area contributed by atoms with Crippen molar-refractivity contribution in [1.82, 2.24) is 4.98 Å². The minimum atomic E-state index is 0.996. The van der Waals surface area contributed by atoms with Gasteiger partial charge in [-0.3, -0.25) is 4.98 Å². The summed E-state index contributed by atoms with van der Waals surface area (Å²) in [6, 6.07) is 20.8. The average molecular weight is 324 g/mol. The normalized spacial score (nSPS) is 10.5. The molecule has 0 spiro atoms. The molecule has 0 saturated heterocycles. The summed E-state index contributed by atoms with van der Waals surface area (Å²) in [5.41, 5.74) is 5.77. The van der Waals surface area contributed by atoms with Crippen LogP contribution in [0.25, 0.3) is 22.4 Å². The second-order valence-corrected chi connectivity index (χ2v) is 5.68. The van der Waals surface area contributed by atoms with Crippen LogP contribution in [0.3, 0.4) is 0 Å². The van der Waals surface area contributed by atoms with Gasteiger partial charge in [-0.25, -0.2) is 0 Å². The molecule has 0 saturated carbocycles. The van der Waals surface area contributed by atoms with Crippen molar-refractivity contribution in [3.8, 4) is 22.4 Å². The Hall–Kier alpha value is -1.93. The summed E-state index contributed by atoms with van der Waals surface area (Å²) < 4.78 is 1.07. The lowest BCUT2D eigenvalue weighted by Crippen LogP contribution is -1.89. The summed E-state index contributed by atoms with van der Waals surface area (Å²) in [5.74, 6) is 0. The molecular weight excluding hydrogens is 310 g/mol. The molecule has 1 heterocycles. The van der Waals surface area contributed by atoms with E-state index in [1.165, 1.54) is 16.7 Å². The van der Waals surface area contributed by atoms with Gasteiger partial charge in [0.2, 0.25) is 0 Å². The predicted molar refractivity (Wildman–Crippen MR) is 87.5 cm³/mol. The molecule has 2 heteroatoms. The molecule has 0 radical (unpaired) electrons. The molecule has 20 heavy (non-hydrogen) atoms. The Labute approximate surface area is 127 Å². The molecule has 0 fully saturated rings. The summed E-state index contributed by atoms with van der Waals surface area (Å²) in [7, 11) is 0. The molecule has 1 nitrogen and oxygen atoms in total. The highest BCUT2D eigenvalue weighted by Crippen LogP contribution is 2.28. The highest BCUT2D eigenvalue weighted by molar-refractivity contribution is 9.10. The van der Waals surface area contributed by atoms with Crippen molar-refractivity contribution in [2.45, 2.75) is 6.92 Å². The van der Waals surface area contributed by atoms with Crippen LogP contribution in [-0.2, 0) is 0 Å². The molecule has 0 amide bonds. The van der Waals surface area contributed by atoms with Crippen molar-refractivity contribution < 1.29 is 0 Å². The van der Waals surface area contributed by atoms with Gasteiger partial charge in [0.05, 0.1) is 5.69 Å². The first-order valence-corrected chi connectivity index (χ1v) is 7.31. The summed E-state index contributed by atoms with van der Waals surface area (Å²) in [4.78, 5) is 4.55. The maximum Gasteiger partial charge on any atom is 0.0708 e. The lowest BCUT2D eigenvalue weighted by molar-refractivity contribution is 1.27. The lowest BCUT2D eigenvalue weighted by atomic mass is 10.00. The topological polar surface area (TPSA) is 12.9 Å². The summed E-state index contributed by atoms with van der Waals surface area (Å²) >= 11 is 3.51. The van der Waals surface area contributed by atoms with Crippen molar-refractivity contribution in [3.05, 3.63) is 76.9 Å². The van der Waals surface area contributed by atoms with Crippen molar-refractivity contribution in [2.24, 2.45) is 0 Å². The summed E-state index contributed by atoms with van der Waals surface area (Å²) in [5, 5.41) is 0. The Balaban J connectivity index is 2.12. The predicted octanol–water partition coefficient (Wildman–Crippen LogP) is 5.49. The van der Waals surface area contributed by atoms with E-state index in [-0.39, 0.29) is 0 Å². The van der Waals surface area contributed by atoms with E-state index in [2.05, 4.69) is 70.3 Å². The highest BCUT2D eigenvalue weighted by Gasteiger charge is 2.06. The Bertz CT molecular complexity index is 735. The quantitative estimate of drug-likeness (QED) is 0.608. The van der Waals surface area contributed by atoms with Crippen LogP contribution in [0.5, 0.6) is 0 Å². The molecule has 0 unspecified atom stereocenters. The third-order valence-corrected chi connectivity index (χ3v) is 3.80. The van der Waals surface area contributed by atoms with Gasteiger partial charge in [-0.05, 0) is 41.8 Å². The van der Waals surface area contributed by atoms with Gasteiger partial charge in [0, 0.05) is 16.2 Å². The molecule has 1 aromatic heterocycles. The van der Waals surface area contributed by atoms with Crippen LogP contribution < -0.4 is 0 Å². The summed E-state index contributed by atoms with van der Waals surface area (Å²) in [6.45, 7) is 2.10. The van der Waals surface area contributed by atoms with Crippen molar-refractivity contribution in [1.29, 1.82) is 0 Å². The third kappa shape index (κ3) is 2.66. The van der Waals surface area contributed by atoms with Crippen LogP contribution in [0.4, 0.5) is 0 Å². The zero-order valence-electron chi connectivity index (χ0n) is 11.2. The average Bonchev–Trinajstić information content (AvgIpc) is 2.48. The van der Waals surface area contributed by atoms with E-state index in [0.29, 0.717) is 0 Å². The van der Waals surface area contributed by atoms with Gasteiger partial charge in [0.1, 0.15) is 0 Å². The molecule has 0 atom stereocenters. The first kappa shape index (κ1) is 13.1. The van der Waals surface area contributed by atoms with Crippen LogP contribution in [0.15, 0.2) is 71.3 Å². The number of pyridine rings is 1. The van der Waals surface area contributed by atoms with E-state index in [1.807, 2.05) is 24.4 Å². The van der Waals surface area contributed by atoms with E-state index in [9.17, 15) is 0 Å². The second-order valence-electron chi connectivity index (χ2n) is 4.76. The van der Waals surface area contributed by atoms with E-state index in [1.54, 1.807) is 0 Å². The third-order valence-electron chi connectivity index (χ3n) is 3.31. The minimum absolute atomic E-state index is 0.996. The van der Waals surface area contributed by atoms with Gasteiger partial charge < -0.3 is 0 Å². The standard InChI is InChI=1S/C18H14BrN/c1-13-12-20-18(15-8-5-9-16(19)10-15)11-17(13)14-6-3-2-4-7-14/h2-12H,1H3. The fourth-order valence-corrected chi connectivity index (χ4v) is 2.66. The fourth-order valence-electron chi connectivity index (χ4n) is 2.26. The Morgan fingerprint density at radius 2 is 1.60 bits per heavy atom. The van der Waals surface area contributed by atoms with Gasteiger partial charge in [-0.1, -0.05) is 58.4 Å². The zero-order chi connectivity index (χ0) is 13.9. The molecule has 0 N–H and O–H groups in total. The lowest BCUT2D eigenvalue weighted by Gasteiger charge is -2.09. The van der Waals surface area contributed by atoms with E-state index in [4.69, 9.17) is 0 Å². The fraction of sp³-hybridized carbons (Fsp3) is 0.0556. The van der Waals surface area contributed by atoms with Gasteiger partial charge in [0.25, 0.3) is 0 Å². The number of halogens is 1. The van der Waals surface area contributed by atoms with E-state index in [0.717, 1.165) is 15.7 Å². The van der Waals surface area contributed by atoms with Gasteiger partial charge in [0.15, 0.2) is 0 Å². The maximum atomic E-state index is 4.55. The number of hydrogen-bond donors (Lipinski definition) is 0. The molecular formula is C18H14BrN. The maximum absolute atomic E-state index is 4.55. The number of benzene rings is 2. The van der Waals surface area contributed by atoms with Crippen molar-refractivity contribution in [3.63, 3.8) is 0 Å². The van der Waals surface area contributed by atoms with Crippen LogP contribution >= 0.6 is 15.9 Å². The molecule has 98 valence electrons. The Kier molecular flexibility index (Phi) is 3.66. The highest BCUT2D eigenvalue weighted by atomic mass is 79.9. The molecule has 3 rings (SSSR count). The van der Waals surface area contributed by atoms with Crippen molar-refractivity contribution in [2.75, 3.05) is 0 Å². The molecule has 0 bridgehead atoms. The van der Waals surface area contributed by atoms with Gasteiger partial charge in [-0.2, -0.15) is 0 Å². The zero-order valence-corrected chi connectivity index (χ0v) is 12.8. The molecule has 3 aromatic rings. The Morgan fingerprint density at radius 3 is 2.35 bits per heavy atom. The number of aryl methyl sites for hydroxylation is 1. The second kappa shape index (κ2) is 5.59. The first-order valence-electron chi connectivity index (χ1n) is 6.52. The smallest absolute Gasteiger partial charge is 0.0708 e. The molecule has 2 aromatic carbocycles. The van der Waals surface area contributed by atoms with Gasteiger partial charge >= 0.3 is 0 Å². The van der Waals surface area contributed by atoms with Crippen LogP contribution in [0.1, 0.15) is 5.56 Å². The molecule has 0 aliphatic rings. The monoisotopic (exact) mass is 323 g/mol. The van der Waals surface area contributed by atoms with Gasteiger partial charge in [-0.15, -0.1) is 0 Å². The summed E-state index contributed by atoms with van der Waals surface area (Å²) in [6.07, 6.45) is 1.94. The largest absolute Gasteiger partial charge is 0.256 e. The molecule has 0 aliphatic carbocycles. The number of rotatable bonds is 2. The minimum Gasteiger partial charge on any atom is -0.256 e. The van der Waals surface area contributed by atoms with E-state index < -0.39 is 0 Å². The molecule has 0 aliphatic heterocycles. The number of nitrogens with zero attached hydrogens (tertiary/aromatic N) is 1. The SMILES string of the molecule is Cc1cnc(-c2cccc(Br)c2)cc1-c1ccccc1. The van der Waals surface area contributed by atoms with E-state index >= 15 is 0 Å². The number of aromatic nitrogens is 1. The van der Waals surface area contributed by atoms with Crippen LogP contribution in [0, 0.1) is 6.92 Å². The number of hydrogen-bond acceptors (Lipinski definition) is 1. The van der Waals surface area contributed by atoms with Crippen molar-refractivity contribution >= 4 is 15.9 Å². The van der Waals surface area contributed by atoms with Crippen LogP contribution in [0.2, 0.25) is 0 Å².